The summed E-state index contributed by atoms with van der Waals surface area (Å²) in [6.45, 7) is 4.67. The maximum Gasteiger partial charge on any atom is 0.317 e. The Balaban J connectivity index is 1.25. The van der Waals surface area contributed by atoms with Gasteiger partial charge in [0.15, 0.2) is 0 Å². The van der Waals surface area contributed by atoms with Crippen LogP contribution in [0.2, 0.25) is 0 Å². The average Bonchev–Trinajstić information content (AvgIpc) is 3.05. The summed E-state index contributed by atoms with van der Waals surface area (Å²) in [6, 6.07) is 2.88. The van der Waals surface area contributed by atoms with Crippen molar-refractivity contribution in [1.29, 1.82) is 0 Å². The zero-order valence-corrected chi connectivity index (χ0v) is 17.0. The molecule has 1 aliphatic heterocycles. The van der Waals surface area contributed by atoms with E-state index in [4.69, 9.17) is 4.74 Å². The van der Waals surface area contributed by atoms with Crippen molar-refractivity contribution in [2.24, 2.45) is 5.92 Å². The van der Waals surface area contributed by atoms with Crippen LogP contribution in [0, 0.1) is 11.7 Å². The van der Waals surface area contributed by atoms with Crippen LogP contribution in [0.3, 0.4) is 0 Å². The molecular weight excluding hydrogens is 381 g/mol. The topological polar surface area (TPSA) is 74.7 Å². The van der Waals surface area contributed by atoms with Crippen molar-refractivity contribution in [2.45, 2.75) is 57.3 Å². The minimum atomic E-state index is -0.656. The molecule has 0 bridgehead atoms. The molecule has 1 aliphatic carbocycles. The first kappa shape index (κ1) is 19.4. The SMILES string of the molecule is CC(C)(O)[C@H]1CC[C@H](NC(=O)N2CC(Oc3cc(F)cc4scnc34)C2)CC1. The van der Waals surface area contributed by atoms with Crippen molar-refractivity contribution in [3.05, 3.63) is 23.5 Å². The van der Waals surface area contributed by atoms with Gasteiger partial charge in [0.25, 0.3) is 0 Å². The number of hydrogen-bond acceptors (Lipinski definition) is 5. The van der Waals surface area contributed by atoms with Gasteiger partial charge in [-0.25, -0.2) is 14.2 Å². The molecule has 0 spiro atoms. The van der Waals surface area contributed by atoms with Gasteiger partial charge in [-0.05, 0) is 51.5 Å². The van der Waals surface area contributed by atoms with E-state index in [1.807, 2.05) is 13.8 Å². The summed E-state index contributed by atoms with van der Waals surface area (Å²) in [5, 5.41) is 13.2. The van der Waals surface area contributed by atoms with E-state index in [9.17, 15) is 14.3 Å². The largest absolute Gasteiger partial charge is 0.484 e. The van der Waals surface area contributed by atoms with Crippen LogP contribution in [-0.2, 0) is 0 Å². The van der Waals surface area contributed by atoms with Gasteiger partial charge in [-0.15, -0.1) is 11.3 Å². The molecule has 1 saturated carbocycles. The number of ether oxygens (including phenoxy) is 1. The zero-order valence-electron chi connectivity index (χ0n) is 16.2. The number of likely N-dealkylation sites (tertiary alicyclic amines) is 1. The highest BCUT2D eigenvalue weighted by Crippen LogP contribution is 2.33. The van der Waals surface area contributed by atoms with E-state index in [1.54, 1.807) is 10.4 Å². The van der Waals surface area contributed by atoms with Crippen LogP contribution in [0.15, 0.2) is 17.6 Å². The molecular formula is C20H26FN3O3S. The Kier molecular flexibility index (Phi) is 5.18. The number of nitrogens with zero attached hydrogens (tertiary/aromatic N) is 2. The summed E-state index contributed by atoms with van der Waals surface area (Å²) in [6.07, 6.45) is 3.47. The van der Waals surface area contributed by atoms with Gasteiger partial charge in [0.2, 0.25) is 0 Å². The van der Waals surface area contributed by atoms with Gasteiger partial charge in [-0.1, -0.05) is 0 Å². The molecule has 1 saturated heterocycles. The molecule has 0 atom stereocenters. The van der Waals surface area contributed by atoms with Crippen LogP contribution in [0.4, 0.5) is 9.18 Å². The van der Waals surface area contributed by atoms with Crippen molar-refractivity contribution in [3.8, 4) is 5.75 Å². The smallest absolute Gasteiger partial charge is 0.317 e. The molecule has 2 heterocycles. The number of urea groups is 1. The van der Waals surface area contributed by atoms with E-state index in [1.165, 1.54) is 23.5 Å². The van der Waals surface area contributed by atoms with Gasteiger partial charge in [0.1, 0.15) is 23.2 Å². The van der Waals surface area contributed by atoms with E-state index < -0.39 is 5.60 Å². The molecule has 2 fully saturated rings. The Morgan fingerprint density at radius 3 is 2.71 bits per heavy atom. The van der Waals surface area contributed by atoms with Crippen LogP contribution in [0.25, 0.3) is 10.2 Å². The third-order valence-corrected chi connectivity index (χ3v) is 6.62. The maximum atomic E-state index is 13.7. The highest BCUT2D eigenvalue weighted by atomic mass is 32.1. The minimum Gasteiger partial charge on any atom is -0.484 e. The fourth-order valence-corrected chi connectivity index (χ4v) is 4.78. The van der Waals surface area contributed by atoms with E-state index >= 15 is 0 Å². The van der Waals surface area contributed by atoms with Gasteiger partial charge in [0, 0.05) is 12.1 Å². The van der Waals surface area contributed by atoms with Gasteiger partial charge >= 0.3 is 6.03 Å². The molecule has 2 amide bonds. The molecule has 2 N–H and O–H groups in total. The van der Waals surface area contributed by atoms with Crippen molar-refractivity contribution in [2.75, 3.05) is 13.1 Å². The number of benzene rings is 1. The third kappa shape index (κ3) is 4.07. The number of carbonyl (C=O) groups excluding carboxylic acids is 1. The number of thiazole rings is 1. The average molecular weight is 408 g/mol. The summed E-state index contributed by atoms with van der Waals surface area (Å²) in [5.74, 6) is 0.379. The van der Waals surface area contributed by atoms with E-state index in [0.717, 1.165) is 30.4 Å². The molecule has 0 unspecified atom stereocenters. The molecule has 152 valence electrons. The third-order valence-electron chi connectivity index (χ3n) is 5.85. The standard InChI is InChI=1S/C20H26FN3O3S/c1-20(2,26)12-3-5-14(6-4-12)23-19(25)24-9-15(10-24)27-16-7-13(21)8-17-18(16)22-11-28-17/h7-8,11-12,14-15,26H,3-6,9-10H2,1-2H3,(H,23,25)/t12-,14-. The van der Waals surface area contributed by atoms with E-state index in [2.05, 4.69) is 10.3 Å². The molecule has 6 nitrogen and oxygen atoms in total. The lowest BCUT2D eigenvalue weighted by atomic mass is 9.77. The summed E-state index contributed by atoms with van der Waals surface area (Å²) in [5.41, 5.74) is 1.68. The molecule has 4 rings (SSSR count). The lowest BCUT2D eigenvalue weighted by molar-refractivity contribution is -0.00326. The summed E-state index contributed by atoms with van der Waals surface area (Å²) < 4.78 is 20.4. The van der Waals surface area contributed by atoms with Gasteiger partial charge in [-0.3, -0.25) is 0 Å². The zero-order chi connectivity index (χ0) is 19.9. The molecule has 1 aromatic heterocycles. The number of fused-ring (bicyclic) bond motifs is 1. The summed E-state index contributed by atoms with van der Waals surface area (Å²) >= 11 is 1.37. The van der Waals surface area contributed by atoms with E-state index in [0.29, 0.717) is 24.4 Å². The van der Waals surface area contributed by atoms with Crippen LogP contribution in [0.5, 0.6) is 5.75 Å². The van der Waals surface area contributed by atoms with Crippen molar-refractivity contribution in [3.63, 3.8) is 0 Å². The molecule has 2 aliphatic rings. The Bertz CT molecular complexity index is 852. The van der Waals surface area contributed by atoms with Gasteiger partial charge in [0.05, 0.1) is 28.9 Å². The molecule has 1 aromatic carbocycles. The Hall–Kier alpha value is -1.93. The summed E-state index contributed by atoms with van der Waals surface area (Å²) in [4.78, 5) is 18.4. The fourth-order valence-electron chi connectivity index (χ4n) is 4.06. The lowest BCUT2D eigenvalue weighted by Crippen LogP contribution is -2.60. The molecule has 8 heteroatoms. The number of halogens is 1. The van der Waals surface area contributed by atoms with Gasteiger partial charge in [-0.2, -0.15) is 0 Å². The second-order valence-electron chi connectivity index (χ2n) is 8.40. The van der Waals surface area contributed by atoms with Crippen molar-refractivity contribution < 1.29 is 19.0 Å². The quantitative estimate of drug-likeness (QED) is 0.813. The van der Waals surface area contributed by atoms with Crippen LogP contribution >= 0.6 is 11.3 Å². The Morgan fingerprint density at radius 1 is 1.32 bits per heavy atom. The number of rotatable bonds is 4. The molecule has 2 aromatic rings. The number of hydrogen-bond donors (Lipinski definition) is 2. The Morgan fingerprint density at radius 2 is 2.04 bits per heavy atom. The maximum absolute atomic E-state index is 13.7. The summed E-state index contributed by atoms with van der Waals surface area (Å²) in [7, 11) is 0. The first-order chi connectivity index (χ1) is 13.3. The Labute approximate surface area is 167 Å². The first-order valence-electron chi connectivity index (χ1n) is 9.77. The monoisotopic (exact) mass is 407 g/mol. The van der Waals surface area contributed by atoms with Crippen molar-refractivity contribution >= 4 is 27.6 Å². The number of nitrogens with one attached hydrogen (secondary N) is 1. The predicted molar refractivity (Wildman–Crippen MR) is 106 cm³/mol. The highest BCUT2D eigenvalue weighted by molar-refractivity contribution is 7.16. The fraction of sp³-hybridized carbons (Fsp3) is 0.600. The van der Waals surface area contributed by atoms with E-state index in [-0.39, 0.29) is 29.9 Å². The number of aromatic nitrogens is 1. The van der Waals surface area contributed by atoms with Crippen molar-refractivity contribution in [1.82, 2.24) is 15.2 Å². The number of carbonyl (C=O) groups is 1. The molecule has 0 radical (unpaired) electrons. The first-order valence-corrected chi connectivity index (χ1v) is 10.6. The van der Waals surface area contributed by atoms with Crippen LogP contribution in [-0.4, -0.2) is 51.9 Å². The number of amides is 2. The second-order valence-corrected chi connectivity index (χ2v) is 9.29. The highest BCUT2D eigenvalue weighted by Gasteiger charge is 2.36. The normalized spacial score (nSPS) is 23.5. The predicted octanol–water partition coefficient (Wildman–Crippen LogP) is 3.54. The number of aliphatic hydroxyl groups is 1. The van der Waals surface area contributed by atoms with Crippen LogP contribution in [0.1, 0.15) is 39.5 Å². The lowest BCUT2D eigenvalue weighted by Gasteiger charge is -2.41. The van der Waals surface area contributed by atoms with Crippen LogP contribution < -0.4 is 10.1 Å². The second kappa shape index (κ2) is 7.48. The van der Waals surface area contributed by atoms with Gasteiger partial charge < -0.3 is 20.1 Å². The molecule has 28 heavy (non-hydrogen) atoms. The minimum absolute atomic E-state index is 0.0791.